The molecule has 1 N–H and O–H groups in total. The van der Waals surface area contributed by atoms with Crippen LogP contribution in [0.4, 0.5) is 0 Å². The molecule has 3 aliphatic rings. The second-order valence-corrected chi connectivity index (χ2v) is 7.56. The summed E-state index contributed by atoms with van der Waals surface area (Å²) in [5.74, 6) is -0.443. The molecule has 2 aromatic rings. The Morgan fingerprint density at radius 1 is 1.19 bits per heavy atom. The summed E-state index contributed by atoms with van der Waals surface area (Å²) in [7, 11) is 0. The van der Waals surface area contributed by atoms with E-state index in [9.17, 15) is 9.59 Å². The summed E-state index contributed by atoms with van der Waals surface area (Å²) in [6, 6.07) is 5.28. The van der Waals surface area contributed by atoms with E-state index in [1.54, 1.807) is 18.3 Å². The molecule has 0 aromatic carbocycles. The zero-order chi connectivity index (χ0) is 17.9. The Hall–Kier alpha value is -2.31. The molecule has 1 saturated heterocycles. The highest BCUT2D eigenvalue weighted by molar-refractivity contribution is 6.29. The standard InChI is InChI=1S/C19H16ClN3O3/c20-13-2-1-11(9-23-13)18(4-5-18)16(24)12-3-7-22-15-14(12)19(26-17(15)25)6-8-21-10-19/h1-3,7,9,21H,4-6,8,10H2/t19-/m0/s1. The second kappa shape index (κ2) is 5.34. The number of fused-ring (bicyclic) bond motifs is 2. The molecular formula is C19H16ClN3O3. The van der Waals surface area contributed by atoms with Crippen LogP contribution in [0.5, 0.6) is 0 Å². The molecule has 6 nitrogen and oxygen atoms in total. The Kier molecular flexibility index (Phi) is 3.27. The number of esters is 1. The van der Waals surface area contributed by atoms with Gasteiger partial charge in [-0.2, -0.15) is 0 Å². The summed E-state index contributed by atoms with van der Waals surface area (Å²) in [5, 5.41) is 3.63. The van der Waals surface area contributed by atoms with Gasteiger partial charge in [-0.05, 0) is 37.1 Å². The van der Waals surface area contributed by atoms with Crippen molar-refractivity contribution in [1.82, 2.24) is 15.3 Å². The molecule has 2 fully saturated rings. The van der Waals surface area contributed by atoms with Crippen LogP contribution in [-0.4, -0.2) is 34.8 Å². The third-order valence-electron chi connectivity index (χ3n) is 5.71. The van der Waals surface area contributed by atoms with Gasteiger partial charge in [-0.25, -0.2) is 14.8 Å². The highest BCUT2D eigenvalue weighted by Crippen LogP contribution is 2.52. The van der Waals surface area contributed by atoms with E-state index in [-0.39, 0.29) is 11.5 Å². The molecule has 1 atom stereocenters. The minimum Gasteiger partial charge on any atom is -0.448 e. The first kappa shape index (κ1) is 15.9. The average molecular weight is 370 g/mol. The van der Waals surface area contributed by atoms with E-state index in [0.717, 1.165) is 24.9 Å². The van der Waals surface area contributed by atoms with Gasteiger partial charge in [-0.15, -0.1) is 0 Å². The number of rotatable bonds is 3. The van der Waals surface area contributed by atoms with E-state index in [1.807, 2.05) is 6.07 Å². The van der Waals surface area contributed by atoms with Crippen LogP contribution in [-0.2, 0) is 15.8 Å². The fourth-order valence-corrected chi connectivity index (χ4v) is 4.31. The third kappa shape index (κ3) is 2.09. The predicted octanol–water partition coefficient (Wildman–Crippen LogP) is 2.40. The van der Waals surface area contributed by atoms with Gasteiger partial charge in [0.15, 0.2) is 17.1 Å². The van der Waals surface area contributed by atoms with E-state index >= 15 is 0 Å². The summed E-state index contributed by atoms with van der Waals surface area (Å²) in [4.78, 5) is 34.2. The Labute approximate surface area is 154 Å². The number of nitrogens with zero attached hydrogens (tertiary/aromatic N) is 2. The van der Waals surface area contributed by atoms with Crippen molar-refractivity contribution in [2.24, 2.45) is 0 Å². The average Bonchev–Trinajstić information content (AvgIpc) is 3.25. The fourth-order valence-electron chi connectivity index (χ4n) is 4.20. The number of ketones is 1. The molecule has 0 unspecified atom stereocenters. The number of pyridine rings is 2. The van der Waals surface area contributed by atoms with Gasteiger partial charge in [0.1, 0.15) is 5.15 Å². The molecule has 0 bridgehead atoms. The molecule has 1 aliphatic carbocycles. The molecule has 2 aromatic heterocycles. The molecule has 0 radical (unpaired) electrons. The van der Waals surface area contributed by atoms with Gasteiger partial charge in [0, 0.05) is 36.5 Å². The monoisotopic (exact) mass is 369 g/mol. The van der Waals surface area contributed by atoms with Crippen LogP contribution in [0.1, 0.15) is 51.2 Å². The van der Waals surface area contributed by atoms with E-state index in [0.29, 0.717) is 29.2 Å². The number of hydrogen-bond donors (Lipinski definition) is 1. The molecule has 26 heavy (non-hydrogen) atoms. The Bertz CT molecular complexity index is 932. The smallest absolute Gasteiger partial charge is 0.358 e. The lowest BCUT2D eigenvalue weighted by Gasteiger charge is -2.25. The lowest BCUT2D eigenvalue weighted by atomic mass is 9.82. The number of nitrogens with one attached hydrogen (secondary N) is 1. The fraction of sp³-hybridized carbons (Fsp3) is 0.368. The molecule has 4 heterocycles. The first-order valence-corrected chi connectivity index (χ1v) is 9.04. The normalized spacial score (nSPS) is 25.2. The van der Waals surface area contributed by atoms with E-state index in [4.69, 9.17) is 16.3 Å². The summed E-state index contributed by atoms with van der Waals surface area (Å²) >= 11 is 5.89. The maximum absolute atomic E-state index is 13.5. The summed E-state index contributed by atoms with van der Waals surface area (Å²) in [6.45, 7) is 1.24. The van der Waals surface area contributed by atoms with E-state index < -0.39 is 17.0 Å². The SMILES string of the molecule is O=C1O[C@]2(CCNC2)c2c(C(=O)C3(c4ccc(Cl)nc4)CC3)ccnc21. The molecule has 132 valence electrons. The van der Waals surface area contributed by atoms with Gasteiger partial charge in [-0.3, -0.25) is 4.79 Å². The Morgan fingerprint density at radius 3 is 2.69 bits per heavy atom. The highest BCUT2D eigenvalue weighted by Gasteiger charge is 2.56. The Balaban J connectivity index is 1.63. The second-order valence-electron chi connectivity index (χ2n) is 7.17. The van der Waals surface area contributed by atoms with Gasteiger partial charge in [0.2, 0.25) is 0 Å². The lowest BCUT2D eigenvalue weighted by molar-refractivity contribution is 0.00115. The van der Waals surface area contributed by atoms with Gasteiger partial charge < -0.3 is 10.1 Å². The number of hydrogen-bond acceptors (Lipinski definition) is 6. The zero-order valence-corrected chi connectivity index (χ0v) is 14.7. The minimum absolute atomic E-state index is 0.00449. The maximum Gasteiger partial charge on any atom is 0.358 e. The van der Waals surface area contributed by atoms with Crippen LogP contribution < -0.4 is 5.32 Å². The number of halogens is 1. The number of aromatic nitrogens is 2. The minimum atomic E-state index is -0.778. The molecular weight excluding hydrogens is 354 g/mol. The number of Topliss-reactive ketones (excluding diaryl/α,β-unsaturated/α-hetero) is 1. The summed E-state index contributed by atoms with van der Waals surface area (Å²) in [5.41, 5.74) is 0.946. The third-order valence-corrected chi connectivity index (χ3v) is 5.94. The molecule has 7 heteroatoms. The van der Waals surface area contributed by atoms with Gasteiger partial charge in [0.25, 0.3) is 0 Å². The van der Waals surface area contributed by atoms with E-state index in [2.05, 4.69) is 15.3 Å². The number of carbonyl (C=O) groups is 2. The highest BCUT2D eigenvalue weighted by atomic mass is 35.5. The maximum atomic E-state index is 13.5. The molecule has 2 aliphatic heterocycles. The topological polar surface area (TPSA) is 81.2 Å². The van der Waals surface area contributed by atoms with Crippen LogP contribution in [0, 0.1) is 0 Å². The van der Waals surface area contributed by atoms with Crippen LogP contribution in [0.2, 0.25) is 5.15 Å². The predicted molar refractivity (Wildman–Crippen MR) is 93.3 cm³/mol. The van der Waals surface area contributed by atoms with Crippen molar-refractivity contribution in [2.75, 3.05) is 13.1 Å². The first-order valence-electron chi connectivity index (χ1n) is 8.66. The van der Waals surface area contributed by atoms with Crippen molar-refractivity contribution >= 4 is 23.4 Å². The Morgan fingerprint density at radius 2 is 2.04 bits per heavy atom. The molecule has 1 saturated carbocycles. The summed E-state index contributed by atoms with van der Waals surface area (Å²) < 4.78 is 5.68. The lowest BCUT2D eigenvalue weighted by Crippen LogP contribution is -2.32. The van der Waals surface area contributed by atoms with Crippen LogP contribution in [0.15, 0.2) is 30.6 Å². The quantitative estimate of drug-likeness (QED) is 0.508. The summed E-state index contributed by atoms with van der Waals surface area (Å²) in [6.07, 6.45) is 5.35. The number of ether oxygens (including phenoxy) is 1. The van der Waals surface area contributed by atoms with Crippen LogP contribution in [0.3, 0.4) is 0 Å². The van der Waals surface area contributed by atoms with E-state index in [1.165, 1.54) is 6.20 Å². The van der Waals surface area contributed by atoms with Gasteiger partial charge in [-0.1, -0.05) is 17.7 Å². The van der Waals surface area contributed by atoms with Crippen LogP contribution in [0.25, 0.3) is 0 Å². The largest absolute Gasteiger partial charge is 0.448 e. The zero-order valence-electron chi connectivity index (χ0n) is 13.9. The van der Waals surface area contributed by atoms with Crippen molar-refractivity contribution in [3.05, 3.63) is 58.1 Å². The molecule has 1 spiro atoms. The van der Waals surface area contributed by atoms with Crippen molar-refractivity contribution in [2.45, 2.75) is 30.3 Å². The van der Waals surface area contributed by atoms with Crippen molar-refractivity contribution < 1.29 is 14.3 Å². The number of carbonyl (C=O) groups excluding carboxylic acids is 2. The van der Waals surface area contributed by atoms with Gasteiger partial charge >= 0.3 is 5.97 Å². The first-order chi connectivity index (χ1) is 12.6. The molecule has 0 amide bonds. The molecule has 5 rings (SSSR count). The van der Waals surface area contributed by atoms with Gasteiger partial charge in [0.05, 0.1) is 5.41 Å². The van der Waals surface area contributed by atoms with Crippen molar-refractivity contribution in [1.29, 1.82) is 0 Å². The van der Waals surface area contributed by atoms with Crippen molar-refractivity contribution in [3.63, 3.8) is 0 Å². The van der Waals surface area contributed by atoms with Crippen LogP contribution >= 0.6 is 11.6 Å². The van der Waals surface area contributed by atoms with Crippen molar-refractivity contribution in [3.8, 4) is 0 Å².